The first-order valence-corrected chi connectivity index (χ1v) is 16.5. The fraction of sp³-hybridized carbons (Fsp3) is 0.562. The van der Waals surface area contributed by atoms with E-state index in [4.69, 9.17) is 9.47 Å². The van der Waals surface area contributed by atoms with Crippen LogP contribution in [0.2, 0.25) is 0 Å². The maximum atomic E-state index is 6.54. The molecule has 0 saturated heterocycles. The number of rotatable bonds is 19. The SMILES string of the molecule is CCCCSCCCCOc1c2ccccc2c(OCCCCSCCCC)c2cc(CC)ccc12. The lowest BCUT2D eigenvalue weighted by atomic mass is 9.98. The van der Waals surface area contributed by atoms with Crippen molar-refractivity contribution in [1.29, 1.82) is 0 Å². The van der Waals surface area contributed by atoms with Crippen LogP contribution in [0.15, 0.2) is 42.5 Å². The zero-order valence-electron chi connectivity index (χ0n) is 22.8. The molecule has 0 saturated carbocycles. The zero-order chi connectivity index (χ0) is 25.4. The maximum Gasteiger partial charge on any atom is 0.135 e. The summed E-state index contributed by atoms with van der Waals surface area (Å²) in [6.45, 7) is 8.27. The summed E-state index contributed by atoms with van der Waals surface area (Å²) in [5.41, 5.74) is 1.34. The molecule has 0 atom stereocenters. The van der Waals surface area contributed by atoms with E-state index in [0.29, 0.717) is 0 Å². The summed E-state index contributed by atoms with van der Waals surface area (Å²) < 4.78 is 13.0. The van der Waals surface area contributed by atoms with E-state index in [0.717, 1.165) is 49.4 Å². The molecule has 2 nitrogen and oxygen atoms in total. The molecular formula is C32H46O2S2. The number of benzene rings is 3. The normalized spacial score (nSPS) is 11.4. The number of unbranched alkanes of at least 4 members (excludes halogenated alkanes) is 4. The molecule has 3 aromatic rings. The summed E-state index contributed by atoms with van der Waals surface area (Å²) in [6, 6.07) is 15.4. The summed E-state index contributed by atoms with van der Waals surface area (Å²) in [5.74, 6) is 7.07. The van der Waals surface area contributed by atoms with E-state index < -0.39 is 0 Å². The van der Waals surface area contributed by atoms with Gasteiger partial charge in [0, 0.05) is 21.5 Å². The molecule has 36 heavy (non-hydrogen) atoms. The molecule has 0 aromatic heterocycles. The number of aryl methyl sites for hydroxylation is 1. The Bertz CT molecular complexity index is 1030. The van der Waals surface area contributed by atoms with Crippen LogP contribution in [0.1, 0.15) is 77.7 Å². The smallest absolute Gasteiger partial charge is 0.135 e. The van der Waals surface area contributed by atoms with Gasteiger partial charge in [-0.3, -0.25) is 0 Å². The van der Waals surface area contributed by atoms with Gasteiger partial charge in [-0.05, 0) is 79.6 Å². The molecule has 0 bridgehead atoms. The molecule has 0 aliphatic rings. The first-order valence-electron chi connectivity index (χ1n) is 14.2. The lowest BCUT2D eigenvalue weighted by Crippen LogP contribution is -2.03. The van der Waals surface area contributed by atoms with Gasteiger partial charge in [0.25, 0.3) is 0 Å². The second-order valence-corrected chi connectivity index (χ2v) is 11.9. The van der Waals surface area contributed by atoms with Gasteiger partial charge in [0.05, 0.1) is 13.2 Å². The van der Waals surface area contributed by atoms with Gasteiger partial charge in [-0.1, -0.05) is 70.0 Å². The van der Waals surface area contributed by atoms with Crippen LogP contribution in [0.3, 0.4) is 0 Å². The van der Waals surface area contributed by atoms with Gasteiger partial charge in [0.15, 0.2) is 0 Å². The zero-order valence-corrected chi connectivity index (χ0v) is 24.4. The summed E-state index contributed by atoms with van der Waals surface area (Å²) in [7, 11) is 0. The van der Waals surface area contributed by atoms with Crippen molar-refractivity contribution in [3.63, 3.8) is 0 Å². The Labute approximate surface area is 228 Å². The van der Waals surface area contributed by atoms with Gasteiger partial charge in [0.2, 0.25) is 0 Å². The van der Waals surface area contributed by atoms with Crippen LogP contribution in [0, 0.1) is 0 Å². The first kappa shape index (κ1) is 29.0. The Morgan fingerprint density at radius 1 is 0.556 bits per heavy atom. The molecule has 0 N–H and O–H groups in total. The third-order valence-corrected chi connectivity index (χ3v) is 8.85. The molecule has 0 heterocycles. The highest BCUT2D eigenvalue weighted by Crippen LogP contribution is 2.43. The Morgan fingerprint density at radius 3 is 1.58 bits per heavy atom. The van der Waals surface area contributed by atoms with Crippen LogP contribution in [-0.2, 0) is 6.42 Å². The van der Waals surface area contributed by atoms with Gasteiger partial charge in [0.1, 0.15) is 11.5 Å². The number of hydrogen-bond acceptors (Lipinski definition) is 4. The molecule has 0 fully saturated rings. The molecule has 0 spiro atoms. The van der Waals surface area contributed by atoms with Crippen LogP contribution in [-0.4, -0.2) is 36.2 Å². The maximum absolute atomic E-state index is 6.54. The fourth-order valence-electron chi connectivity index (χ4n) is 4.34. The molecule has 3 aromatic carbocycles. The summed E-state index contributed by atoms with van der Waals surface area (Å²) in [4.78, 5) is 0. The van der Waals surface area contributed by atoms with E-state index in [1.165, 1.54) is 83.3 Å². The monoisotopic (exact) mass is 526 g/mol. The molecule has 0 aliphatic heterocycles. The Hall–Kier alpha value is -1.52. The number of thioether (sulfide) groups is 2. The van der Waals surface area contributed by atoms with Crippen molar-refractivity contribution < 1.29 is 9.47 Å². The first-order chi connectivity index (χ1) is 17.8. The molecule has 3 rings (SSSR count). The Morgan fingerprint density at radius 2 is 1.06 bits per heavy atom. The van der Waals surface area contributed by atoms with Gasteiger partial charge in [-0.25, -0.2) is 0 Å². The van der Waals surface area contributed by atoms with E-state index in [1.54, 1.807) is 0 Å². The van der Waals surface area contributed by atoms with Crippen molar-refractivity contribution in [3.8, 4) is 11.5 Å². The van der Waals surface area contributed by atoms with Gasteiger partial charge >= 0.3 is 0 Å². The van der Waals surface area contributed by atoms with E-state index in [9.17, 15) is 0 Å². The predicted octanol–water partition coefficient (Wildman–Crippen LogP) is 9.94. The molecule has 4 heteroatoms. The minimum absolute atomic E-state index is 0.763. The summed E-state index contributed by atoms with van der Waals surface area (Å²) >= 11 is 4.16. The molecule has 0 amide bonds. The second kappa shape index (κ2) is 17.1. The van der Waals surface area contributed by atoms with Crippen LogP contribution in [0.5, 0.6) is 11.5 Å². The third kappa shape index (κ3) is 8.80. The summed E-state index contributed by atoms with van der Waals surface area (Å²) in [5, 5.41) is 4.70. The van der Waals surface area contributed by atoms with Gasteiger partial charge in [-0.2, -0.15) is 23.5 Å². The van der Waals surface area contributed by atoms with Crippen molar-refractivity contribution in [2.24, 2.45) is 0 Å². The van der Waals surface area contributed by atoms with Crippen molar-refractivity contribution in [1.82, 2.24) is 0 Å². The van der Waals surface area contributed by atoms with E-state index >= 15 is 0 Å². The van der Waals surface area contributed by atoms with Crippen molar-refractivity contribution in [2.45, 2.75) is 78.6 Å². The number of ether oxygens (including phenoxy) is 2. The van der Waals surface area contributed by atoms with Gasteiger partial charge in [-0.15, -0.1) is 0 Å². The average Bonchev–Trinajstić information content (AvgIpc) is 2.91. The predicted molar refractivity (Wildman–Crippen MR) is 165 cm³/mol. The highest BCUT2D eigenvalue weighted by Gasteiger charge is 2.16. The highest BCUT2D eigenvalue weighted by molar-refractivity contribution is 7.99. The molecule has 0 aliphatic carbocycles. The van der Waals surface area contributed by atoms with Crippen molar-refractivity contribution in [3.05, 3.63) is 48.0 Å². The summed E-state index contributed by atoms with van der Waals surface area (Å²) in [6.07, 6.45) is 10.8. The number of hydrogen-bond donors (Lipinski definition) is 0. The molecule has 0 radical (unpaired) electrons. The van der Waals surface area contributed by atoms with Crippen molar-refractivity contribution >= 4 is 45.1 Å². The standard InChI is InChI=1S/C32H46O2S2/c1-4-7-21-35-23-13-11-19-33-31-27-15-9-10-16-28(27)32(30-25-26(6-3)17-18-29(30)31)34-20-12-14-24-36-22-8-5-2/h9-10,15-18,25H,4-8,11-14,19-24H2,1-3H3. The fourth-order valence-corrected chi connectivity index (χ4v) is 6.55. The Kier molecular flexibility index (Phi) is 13.8. The molecule has 0 unspecified atom stereocenters. The third-order valence-electron chi connectivity index (χ3n) is 6.54. The van der Waals surface area contributed by atoms with E-state index in [2.05, 4.69) is 86.8 Å². The number of fused-ring (bicyclic) bond motifs is 2. The highest BCUT2D eigenvalue weighted by atomic mass is 32.2. The van der Waals surface area contributed by atoms with Crippen LogP contribution < -0.4 is 9.47 Å². The van der Waals surface area contributed by atoms with Gasteiger partial charge < -0.3 is 9.47 Å². The minimum atomic E-state index is 0.763. The average molecular weight is 527 g/mol. The lowest BCUT2D eigenvalue weighted by molar-refractivity contribution is 0.312. The van der Waals surface area contributed by atoms with Crippen LogP contribution in [0.4, 0.5) is 0 Å². The lowest BCUT2D eigenvalue weighted by Gasteiger charge is -2.18. The quantitative estimate of drug-likeness (QED) is 0.114. The van der Waals surface area contributed by atoms with Crippen LogP contribution >= 0.6 is 23.5 Å². The Balaban J connectivity index is 1.73. The molecular weight excluding hydrogens is 480 g/mol. The van der Waals surface area contributed by atoms with E-state index in [1.807, 2.05) is 0 Å². The van der Waals surface area contributed by atoms with E-state index in [-0.39, 0.29) is 0 Å². The van der Waals surface area contributed by atoms with Crippen molar-refractivity contribution in [2.75, 3.05) is 36.2 Å². The second-order valence-electron chi connectivity index (χ2n) is 9.48. The van der Waals surface area contributed by atoms with Crippen LogP contribution in [0.25, 0.3) is 21.5 Å². The largest absolute Gasteiger partial charge is 0.492 e. The topological polar surface area (TPSA) is 18.5 Å². The molecule has 198 valence electrons. The minimum Gasteiger partial charge on any atom is -0.492 e.